The SMILES string of the molecule is COC(=O)C[C@@H](CC(=O)O)OC. The molecule has 0 aromatic heterocycles. The Kier molecular flexibility index (Phi) is 5.03. The monoisotopic (exact) mass is 176 g/mol. The summed E-state index contributed by atoms with van der Waals surface area (Å²) in [7, 11) is 2.60. The fraction of sp³-hybridized carbons (Fsp3) is 0.714. The number of carbonyl (C=O) groups is 2. The fourth-order valence-corrected chi connectivity index (χ4v) is 0.703. The van der Waals surface area contributed by atoms with Crippen molar-refractivity contribution in [3.8, 4) is 0 Å². The Morgan fingerprint density at radius 3 is 2.25 bits per heavy atom. The van der Waals surface area contributed by atoms with Crippen molar-refractivity contribution in [3.05, 3.63) is 0 Å². The molecule has 0 rings (SSSR count). The minimum Gasteiger partial charge on any atom is -0.481 e. The zero-order valence-electron chi connectivity index (χ0n) is 7.07. The van der Waals surface area contributed by atoms with Crippen molar-refractivity contribution in [1.29, 1.82) is 0 Å². The molecule has 0 heterocycles. The molecule has 0 bridgehead atoms. The third-order valence-corrected chi connectivity index (χ3v) is 1.36. The number of carboxylic acids is 1. The van der Waals surface area contributed by atoms with Crippen LogP contribution in [0.1, 0.15) is 12.8 Å². The van der Waals surface area contributed by atoms with Crippen molar-refractivity contribution in [3.63, 3.8) is 0 Å². The number of esters is 1. The van der Waals surface area contributed by atoms with Crippen LogP contribution in [0, 0.1) is 0 Å². The van der Waals surface area contributed by atoms with E-state index in [1.54, 1.807) is 0 Å². The van der Waals surface area contributed by atoms with Gasteiger partial charge in [0.15, 0.2) is 0 Å². The van der Waals surface area contributed by atoms with Crippen LogP contribution in [0.4, 0.5) is 0 Å². The lowest BCUT2D eigenvalue weighted by atomic mass is 10.2. The quantitative estimate of drug-likeness (QED) is 0.598. The summed E-state index contributed by atoms with van der Waals surface area (Å²) in [5, 5.41) is 8.37. The zero-order chi connectivity index (χ0) is 9.56. The highest BCUT2D eigenvalue weighted by Crippen LogP contribution is 2.03. The molecular weight excluding hydrogens is 164 g/mol. The second kappa shape index (κ2) is 5.54. The van der Waals surface area contributed by atoms with Crippen LogP contribution in [0.2, 0.25) is 0 Å². The Hall–Kier alpha value is -1.10. The van der Waals surface area contributed by atoms with Gasteiger partial charge in [-0.05, 0) is 0 Å². The predicted octanol–water partition coefficient (Wildman–Crippen LogP) is 0.0392. The number of carboxylic acid groups (broad SMARTS) is 1. The second-order valence-electron chi connectivity index (χ2n) is 2.24. The van der Waals surface area contributed by atoms with Gasteiger partial charge in [-0.2, -0.15) is 0 Å². The molecular formula is C7H12O5. The minimum absolute atomic E-state index is 0.0285. The molecule has 0 aliphatic heterocycles. The number of methoxy groups -OCH3 is 2. The first kappa shape index (κ1) is 10.9. The van der Waals surface area contributed by atoms with Gasteiger partial charge in [0.2, 0.25) is 0 Å². The van der Waals surface area contributed by atoms with Gasteiger partial charge < -0.3 is 14.6 Å². The fourth-order valence-electron chi connectivity index (χ4n) is 0.703. The van der Waals surface area contributed by atoms with Crippen molar-refractivity contribution < 1.29 is 24.2 Å². The highest BCUT2D eigenvalue weighted by atomic mass is 16.5. The Morgan fingerprint density at radius 1 is 1.33 bits per heavy atom. The molecule has 1 N–H and O–H groups in total. The van der Waals surface area contributed by atoms with Crippen molar-refractivity contribution in [2.75, 3.05) is 14.2 Å². The molecule has 0 unspecified atom stereocenters. The van der Waals surface area contributed by atoms with Gasteiger partial charge in [-0.3, -0.25) is 9.59 Å². The molecule has 0 aliphatic carbocycles. The molecule has 5 heteroatoms. The molecule has 5 nitrogen and oxygen atoms in total. The Labute approximate surface area is 70.3 Å². The van der Waals surface area contributed by atoms with Crippen molar-refractivity contribution >= 4 is 11.9 Å². The van der Waals surface area contributed by atoms with E-state index in [0.717, 1.165) is 0 Å². The van der Waals surface area contributed by atoms with E-state index < -0.39 is 18.0 Å². The molecule has 0 fully saturated rings. The number of aliphatic carboxylic acids is 1. The molecule has 0 aromatic rings. The van der Waals surface area contributed by atoms with Crippen LogP contribution in [0.25, 0.3) is 0 Å². The molecule has 0 aromatic carbocycles. The largest absolute Gasteiger partial charge is 0.481 e. The number of rotatable bonds is 5. The first-order chi connectivity index (χ1) is 5.60. The van der Waals surface area contributed by atoms with E-state index in [9.17, 15) is 9.59 Å². The lowest BCUT2D eigenvalue weighted by Gasteiger charge is -2.10. The zero-order valence-corrected chi connectivity index (χ0v) is 7.07. The van der Waals surface area contributed by atoms with E-state index in [2.05, 4.69) is 4.74 Å². The van der Waals surface area contributed by atoms with Gasteiger partial charge in [-0.1, -0.05) is 0 Å². The van der Waals surface area contributed by atoms with Crippen LogP contribution >= 0.6 is 0 Å². The summed E-state index contributed by atoms with van der Waals surface area (Å²) in [6.07, 6.45) is -0.819. The minimum atomic E-state index is -0.995. The topological polar surface area (TPSA) is 72.8 Å². The maximum atomic E-state index is 10.7. The van der Waals surface area contributed by atoms with E-state index >= 15 is 0 Å². The molecule has 0 amide bonds. The third-order valence-electron chi connectivity index (χ3n) is 1.36. The van der Waals surface area contributed by atoms with Crippen LogP contribution in [-0.2, 0) is 19.1 Å². The average Bonchev–Trinajstić information content (AvgIpc) is 2.02. The van der Waals surface area contributed by atoms with Crippen LogP contribution < -0.4 is 0 Å². The third kappa shape index (κ3) is 4.68. The van der Waals surface area contributed by atoms with Crippen molar-refractivity contribution in [2.24, 2.45) is 0 Å². The van der Waals surface area contributed by atoms with E-state index in [1.807, 2.05) is 0 Å². The van der Waals surface area contributed by atoms with E-state index in [4.69, 9.17) is 9.84 Å². The number of ether oxygens (including phenoxy) is 2. The van der Waals surface area contributed by atoms with E-state index in [1.165, 1.54) is 14.2 Å². The van der Waals surface area contributed by atoms with Crippen molar-refractivity contribution in [2.45, 2.75) is 18.9 Å². The predicted molar refractivity (Wildman–Crippen MR) is 39.7 cm³/mol. The molecule has 12 heavy (non-hydrogen) atoms. The second-order valence-corrected chi connectivity index (χ2v) is 2.24. The Bertz CT molecular complexity index is 165. The molecule has 70 valence electrons. The summed E-state index contributed by atoms with van der Waals surface area (Å²) in [6, 6.07) is 0. The summed E-state index contributed by atoms with van der Waals surface area (Å²) in [5.41, 5.74) is 0. The maximum Gasteiger partial charge on any atom is 0.308 e. The standard InChI is InChI=1S/C7H12O5/c1-11-5(3-6(8)9)4-7(10)12-2/h5H,3-4H2,1-2H3,(H,8,9)/t5-/m1/s1. The first-order valence-corrected chi connectivity index (χ1v) is 3.41. The normalized spacial score (nSPS) is 12.2. The first-order valence-electron chi connectivity index (χ1n) is 3.41. The van der Waals surface area contributed by atoms with Crippen molar-refractivity contribution in [1.82, 2.24) is 0 Å². The molecule has 0 saturated carbocycles. The maximum absolute atomic E-state index is 10.7. The number of hydrogen-bond acceptors (Lipinski definition) is 4. The van der Waals surface area contributed by atoms with Gasteiger partial charge >= 0.3 is 11.9 Å². The molecule has 1 atom stereocenters. The van der Waals surface area contributed by atoms with Gasteiger partial charge in [-0.15, -0.1) is 0 Å². The molecule has 0 saturated heterocycles. The van der Waals surface area contributed by atoms with Gasteiger partial charge in [0.25, 0.3) is 0 Å². The molecule has 0 radical (unpaired) electrons. The number of hydrogen-bond donors (Lipinski definition) is 1. The lowest BCUT2D eigenvalue weighted by Crippen LogP contribution is -2.20. The smallest absolute Gasteiger partial charge is 0.308 e. The molecule has 0 spiro atoms. The van der Waals surface area contributed by atoms with Gasteiger partial charge in [-0.25, -0.2) is 0 Å². The summed E-state index contributed by atoms with van der Waals surface area (Å²) in [4.78, 5) is 20.9. The Balaban J connectivity index is 3.82. The Morgan fingerprint density at radius 2 is 1.92 bits per heavy atom. The summed E-state index contributed by atoms with van der Waals surface area (Å²) >= 11 is 0. The average molecular weight is 176 g/mol. The highest BCUT2D eigenvalue weighted by Gasteiger charge is 2.16. The van der Waals surface area contributed by atoms with Crippen LogP contribution in [-0.4, -0.2) is 37.4 Å². The van der Waals surface area contributed by atoms with Gasteiger partial charge in [0.05, 0.1) is 26.1 Å². The molecule has 0 aliphatic rings. The number of carbonyl (C=O) groups excluding carboxylic acids is 1. The van der Waals surface area contributed by atoms with E-state index in [-0.39, 0.29) is 12.8 Å². The van der Waals surface area contributed by atoms with E-state index in [0.29, 0.717) is 0 Å². The van der Waals surface area contributed by atoms with Gasteiger partial charge in [0, 0.05) is 7.11 Å². The van der Waals surface area contributed by atoms with Crippen LogP contribution in [0.3, 0.4) is 0 Å². The van der Waals surface area contributed by atoms with Crippen LogP contribution in [0.15, 0.2) is 0 Å². The lowest BCUT2D eigenvalue weighted by molar-refractivity contribution is -0.145. The van der Waals surface area contributed by atoms with Crippen LogP contribution in [0.5, 0.6) is 0 Å². The summed E-state index contributed by atoms with van der Waals surface area (Å²) in [6.45, 7) is 0. The highest BCUT2D eigenvalue weighted by molar-refractivity contribution is 5.72. The summed E-state index contributed by atoms with van der Waals surface area (Å²) < 4.78 is 9.10. The van der Waals surface area contributed by atoms with Gasteiger partial charge in [0.1, 0.15) is 0 Å². The summed E-state index contributed by atoms with van der Waals surface area (Å²) in [5.74, 6) is -1.46.